The predicted molar refractivity (Wildman–Crippen MR) is 167 cm³/mol. The van der Waals surface area contributed by atoms with Crippen molar-refractivity contribution in [3.63, 3.8) is 0 Å². The molecule has 0 bridgehead atoms. The molecule has 2 aliphatic carbocycles. The number of nitrogens with one attached hydrogen (secondary N) is 1. The number of ether oxygens (including phenoxy) is 1. The second-order valence-corrected chi connectivity index (χ2v) is 15.2. The highest BCUT2D eigenvalue weighted by Crippen LogP contribution is 2.72. The number of nitrogens with zero attached hydrogens (tertiary/aromatic N) is 2. The van der Waals surface area contributed by atoms with Gasteiger partial charge in [0.1, 0.15) is 11.9 Å². The summed E-state index contributed by atoms with van der Waals surface area (Å²) in [4.78, 5) is 47.1. The van der Waals surface area contributed by atoms with Gasteiger partial charge >= 0.3 is 0 Å². The topological polar surface area (TPSA) is 88.6 Å². The number of benzene rings is 1. The molecule has 0 unspecified atom stereocenters. The minimum atomic E-state index is -1.19. The Bertz CT molecular complexity index is 1500. The Labute approximate surface area is 268 Å². The van der Waals surface area contributed by atoms with Crippen LogP contribution < -0.4 is 5.32 Å². The molecule has 1 aromatic carbocycles. The summed E-state index contributed by atoms with van der Waals surface area (Å²) in [6.45, 7) is 4.78. The summed E-state index contributed by atoms with van der Waals surface area (Å²) in [7, 11) is 3.41. The Kier molecular flexibility index (Phi) is 8.11. The Hall–Kier alpha value is -2.55. The highest BCUT2D eigenvalue weighted by molar-refractivity contribution is 6.31. The predicted octanol–water partition coefficient (Wildman–Crippen LogP) is 6.95. The number of hydrogen-bond donors (Lipinski definition) is 1. The van der Waals surface area contributed by atoms with Gasteiger partial charge in [-0.2, -0.15) is 0 Å². The first-order chi connectivity index (χ1) is 20.8. The number of rotatable bonds is 5. The standard InChI is InChI=1S/C34H40Cl2FN3O4/c1-32(2)10-12-33(13-11-32)17-22(25(41)15-19-5-8-26(44-18-19)30(42)40(3)4)27(21-9-14-38-29(36)28(21)37)34(33)23-7-6-20(35)16-24(23)39-31(34)43/h6-7,9,14,16,19,22,26-27H,5,8,10-13,15,17-18H2,1-4H3,(H,39,43)/t19-,22-,26-,27-,34+/m0/s1. The van der Waals surface area contributed by atoms with E-state index in [0.29, 0.717) is 36.6 Å². The number of carbonyl (C=O) groups is 3. The molecular formula is C34H40Cl2FN3O4. The van der Waals surface area contributed by atoms with Crippen LogP contribution >= 0.6 is 23.2 Å². The van der Waals surface area contributed by atoms with Gasteiger partial charge in [-0.1, -0.05) is 43.1 Å². The first kappa shape index (κ1) is 31.4. The molecule has 3 fully saturated rings. The van der Waals surface area contributed by atoms with Gasteiger partial charge in [0.05, 0.1) is 12.0 Å². The highest BCUT2D eigenvalue weighted by Gasteiger charge is 2.72. The molecule has 2 saturated carbocycles. The van der Waals surface area contributed by atoms with Crippen molar-refractivity contribution in [1.29, 1.82) is 0 Å². The van der Waals surface area contributed by atoms with Crippen LogP contribution in [-0.4, -0.2) is 54.3 Å². The monoisotopic (exact) mass is 643 g/mol. The van der Waals surface area contributed by atoms with E-state index < -0.39 is 34.6 Å². The van der Waals surface area contributed by atoms with E-state index in [1.165, 1.54) is 11.1 Å². The largest absolute Gasteiger partial charge is 0.368 e. The number of pyridine rings is 1. The minimum Gasteiger partial charge on any atom is -0.368 e. The Morgan fingerprint density at radius 2 is 1.84 bits per heavy atom. The van der Waals surface area contributed by atoms with E-state index in [2.05, 4.69) is 24.1 Å². The van der Waals surface area contributed by atoms with Crippen molar-refractivity contribution in [2.45, 2.75) is 82.7 Å². The smallest absolute Gasteiger partial charge is 0.251 e. The third-order valence-electron chi connectivity index (χ3n) is 11.1. The molecule has 2 amide bonds. The van der Waals surface area contributed by atoms with Crippen LogP contribution in [0, 0.1) is 28.5 Å². The second-order valence-electron chi connectivity index (χ2n) is 14.4. The molecule has 5 atom stereocenters. The first-order valence-corrected chi connectivity index (χ1v) is 16.3. The number of aromatic nitrogens is 1. The summed E-state index contributed by atoms with van der Waals surface area (Å²) in [6, 6.07) is 6.99. The van der Waals surface area contributed by atoms with Crippen LogP contribution in [0.3, 0.4) is 0 Å². The zero-order valence-corrected chi connectivity index (χ0v) is 27.2. The molecule has 0 radical (unpaired) electrons. The average Bonchev–Trinajstić information content (AvgIpc) is 3.44. The molecule has 44 heavy (non-hydrogen) atoms. The zero-order valence-electron chi connectivity index (χ0n) is 25.7. The van der Waals surface area contributed by atoms with Gasteiger partial charge in [0.15, 0.2) is 11.0 Å². The number of anilines is 1. The van der Waals surface area contributed by atoms with E-state index in [4.69, 9.17) is 27.9 Å². The van der Waals surface area contributed by atoms with Gasteiger partial charge < -0.3 is 15.0 Å². The Balaban J connectivity index is 1.44. The fourth-order valence-electron chi connectivity index (χ4n) is 8.78. The van der Waals surface area contributed by atoms with E-state index in [-0.39, 0.29) is 46.1 Å². The number of likely N-dealkylation sites (N-methyl/N-ethyl adjacent to an activating group) is 1. The summed E-state index contributed by atoms with van der Waals surface area (Å²) in [5, 5.41) is 3.31. The molecular weight excluding hydrogens is 604 g/mol. The molecule has 1 saturated heterocycles. The Morgan fingerprint density at radius 1 is 1.11 bits per heavy atom. The number of halogens is 3. The summed E-state index contributed by atoms with van der Waals surface area (Å²) in [5.74, 6) is -2.47. The van der Waals surface area contributed by atoms with Gasteiger partial charge in [0.2, 0.25) is 5.91 Å². The maximum Gasteiger partial charge on any atom is 0.251 e. The van der Waals surface area contributed by atoms with Gasteiger partial charge in [0.25, 0.3) is 5.91 Å². The van der Waals surface area contributed by atoms with E-state index in [1.54, 1.807) is 32.3 Å². The second kappa shape index (κ2) is 11.4. The van der Waals surface area contributed by atoms with Crippen LogP contribution in [0.2, 0.25) is 10.2 Å². The molecule has 10 heteroatoms. The minimum absolute atomic E-state index is 0.00961. The molecule has 1 N–H and O–H groups in total. The number of fused-ring (bicyclic) bond motifs is 3. The molecule has 2 aliphatic heterocycles. The van der Waals surface area contributed by atoms with Crippen LogP contribution in [-0.2, 0) is 24.5 Å². The fourth-order valence-corrected chi connectivity index (χ4v) is 9.12. The van der Waals surface area contributed by atoms with Crippen molar-refractivity contribution in [1.82, 2.24) is 9.88 Å². The summed E-state index contributed by atoms with van der Waals surface area (Å²) < 4.78 is 22.0. The highest BCUT2D eigenvalue weighted by atomic mass is 35.5. The lowest BCUT2D eigenvalue weighted by atomic mass is 9.51. The van der Waals surface area contributed by atoms with Crippen molar-refractivity contribution < 1.29 is 23.5 Å². The third kappa shape index (κ3) is 4.96. The number of ketones is 1. The number of amides is 2. The third-order valence-corrected chi connectivity index (χ3v) is 11.6. The normalized spacial score (nSPS) is 30.3. The maximum absolute atomic E-state index is 16.1. The van der Waals surface area contributed by atoms with Crippen LogP contribution in [0.5, 0.6) is 0 Å². The SMILES string of the molecule is CN(C)C(=O)[C@@H]1CC[C@@H](CC(=O)[C@@H]2CC3(CCC(C)(C)CC3)[C@@]3(C(=O)Nc4cc(Cl)ccc43)[C@H]2c2ccnc(Cl)c2F)CO1. The van der Waals surface area contributed by atoms with Gasteiger partial charge in [-0.25, -0.2) is 9.37 Å². The van der Waals surface area contributed by atoms with Crippen molar-refractivity contribution in [3.8, 4) is 0 Å². The molecule has 2 aromatic rings. The molecule has 7 nitrogen and oxygen atoms in total. The summed E-state index contributed by atoms with van der Waals surface area (Å²) >= 11 is 12.7. The first-order valence-electron chi connectivity index (χ1n) is 15.6. The summed E-state index contributed by atoms with van der Waals surface area (Å²) in [6.07, 6.45) is 6.10. The van der Waals surface area contributed by atoms with Gasteiger partial charge in [-0.3, -0.25) is 14.4 Å². The summed E-state index contributed by atoms with van der Waals surface area (Å²) in [5.41, 5.74) is -0.0488. The molecule has 4 aliphatic rings. The van der Waals surface area contributed by atoms with Crippen LogP contribution in [0.4, 0.5) is 10.1 Å². The lowest BCUT2D eigenvalue weighted by molar-refractivity contribution is -0.146. The average molecular weight is 645 g/mol. The Morgan fingerprint density at radius 3 is 2.50 bits per heavy atom. The molecule has 236 valence electrons. The number of Topliss-reactive ketones (excluding diaryl/α,β-unsaturated/α-hetero) is 1. The van der Waals surface area contributed by atoms with E-state index in [1.807, 2.05) is 6.07 Å². The fraction of sp³-hybridized carbons (Fsp3) is 0.588. The van der Waals surface area contributed by atoms with Crippen molar-refractivity contribution in [2.75, 3.05) is 26.0 Å². The number of carbonyl (C=O) groups excluding carboxylic acids is 3. The lowest BCUT2D eigenvalue weighted by Crippen LogP contribution is -2.52. The quantitative estimate of drug-likeness (QED) is 0.356. The van der Waals surface area contributed by atoms with Gasteiger partial charge in [-0.05, 0) is 91.0 Å². The molecule has 2 spiro atoms. The lowest BCUT2D eigenvalue weighted by Gasteiger charge is -2.51. The van der Waals surface area contributed by atoms with E-state index in [9.17, 15) is 14.4 Å². The van der Waals surface area contributed by atoms with Crippen LogP contribution in [0.1, 0.15) is 82.3 Å². The van der Waals surface area contributed by atoms with E-state index in [0.717, 1.165) is 31.2 Å². The van der Waals surface area contributed by atoms with Crippen molar-refractivity contribution in [2.24, 2.45) is 22.7 Å². The maximum atomic E-state index is 16.1. The van der Waals surface area contributed by atoms with E-state index >= 15 is 4.39 Å². The van der Waals surface area contributed by atoms with Crippen LogP contribution in [0.15, 0.2) is 30.5 Å². The van der Waals surface area contributed by atoms with Crippen molar-refractivity contribution >= 4 is 46.5 Å². The molecule has 1 aromatic heterocycles. The van der Waals surface area contributed by atoms with Crippen LogP contribution in [0.25, 0.3) is 0 Å². The van der Waals surface area contributed by atoms with Crippen molar-refractivity contribution in [3.05, 3.63) is 57.6 Å². The number of hydrogen-bond acceptors (Lipinski definition) is 5. The molecule has 3 heterocycles. The molecule has 6 rings (SSSR count). The zero-order chi connectivity index (χ0) is 31.6. The van der Waals surface area contributed by atoms with Gasteiger partial charge in [0, 0.05) is 49.3 Å². The van der Waals surface area contributed by atoms with Gasteiger partial charge in [-0.15, -0.1) is 0 Å².